The number of hydrogen-bond donors (Lipinski definition) is 1. The molecule has 2 rings (SSSR count). The Kier molecular flexibility index (Phi) is 5.01. The molecule has 110 valence electrons. The normalized spacial score (nSPS) is 19.9. The third-order valence-electron chi connectivity index (χ3n) is 3.81. The number of carbonyl (C=O) groups is 1. The first-order valence-electron chi connectivity index (χ1n) is 7.39. The van der Waals surface area contributed by atoms with Crippen molar-refractivity contribution in [1.82, 2.24) is 4.90 Å². The molecule has 0 saturated carbocycles. The second-order valence-corrected chi connectivity index (χ2v) is 5.54. The molecular formula is C16H24N2O2. The maximum absolute atomic E-state index is 12.5. The van der Waals surface area contributed by atoms with Crippen LogP contribution in [0, 0.1) is 5.92 Å². The molecule has 0 bridgehead atoms. The van der Waals surface area contributed by atoms with Crippen LogP contribution in [-0.4, -0.2) is 36.5 Å². The predicted molar refractivity (Wildman–Crippen MR) is 79.9 cm³/mol. The summed E-state index contributed by atoms with van der Waals surface area (Å²) in [5.74, 6) is 1.26. The fourth-order valence-electron chi connectivity index (χ4n) is 2.52. The Bertz CT molecular complexity index is 460. The molecule has 0 radical (unpaired) electrons. The molecule has 0 aliphatic carbocycles. The number of nitrogens with two attached hydrogens (primary N) is 1. The summed E-state index contributed by atoms with van der Waals surface area (Å²) in [6.45, 7) is 6.31. The monoisotopic (exact) mass is 276 g/mol. The van der Waals surface area contributed by atoms with Crippen molar-refractivity contribution in [3.63, 3.8) is 0 Å². The van der Waals surface area contributed by atoms with E-state index < -0.39 is 0 Å². The van der Waals surface area contributed by atoms with Crippen molar-refractivity contribution < 1.29 is 9.53 Å². The van der Waals surface area contributed by atoms with Crippen molar-refractivity contribution in [1.29, 1.82) is 0 Å². The molecule has 2 atom stereocenters. The van der Waals surface area contributed by atoms with Crippen LogP contribution in [0.5, 0.6) is 5.75 Å². The molecule has 4 heteroatoms. The first-order valence-corrected chi connectivity index (χ1v) is 7.39. The molecule has 4 nitrogen and oxygen atoms in total. The van der Waals surface area contributed by atoms with E-state index in [9.17, 15) is 4.79 Å². The van der Waals surface area contributed by atoms with Gasteiger partial charge in [0.05, 0.1) is 6.61 Å². The van der Waals surface area contributed by atoms with Crippen LogP contribution in [0.25, 0.3) is 0 Å². The highest BCUT2D eigenvalue weighted by Gasteiger charge is 2.28. The van der Waals surface area contributed by atoms with Crippen molar-refractivity contribution in [2.24, 2.45) is 11.7 Å². The number of likely N-dealkylation sites (tertiary alicyclic amines) is 1. The van der Waals surface area contributed by atoms with E-state index in [1.165, 1.54) is 0 Å². The van der Waals surface area contributed by atoms with Crippen LogP contribution in [0.4, 0.5) is 0 Å². The van der Waals surface area contributed by atoms with Crippen LogP contribution >= 0.6 is 0 Å². The molecule has 1 fully saturated rings. The van der Waals surface area contributed by atoms with E-state index in [0.717, 1.165) is 31.7 Å². The predicted octanol–water partition coefficient (Wildman–Crippen LogP) is 2.28. The summed E-state index contributed by atoms with van der Waals surface area (Å²) >= 11 is 0. The lowest BCUT2D eigenvalue weighted by Crippen LogP contribution is -2.33. The molecule has 0 aromatic heterocycles. The average molecular weight is 276 g/mol. The molecule has 20 heavy (non-hydrogen) atoms. The minimum Gasteiger partial charge on any atom is -0.494 e. The molecular weight excluding hydrogens is 252 g/mol. The van der Waals surface area contributed by atoms with Gasteiger partial charge in [-0.25, -0.2) is 0 Å². The zero-order valence-corrected chi connectivity index (χ0v) is 12.3. The second-order valence-electron chi connectivity index (χ2n) is 5.54. The zero-order chi connectivity index (χ0) is 14.5. The topological polar surface area (TPSA) is 55.6 Å². The number of hydrogen-bond acceptors (Lipinski definition) is 3. The Hall–Kier alpha value is -1.55. The van der Waals surface area contributed by atoms with Gasteiger partial charge < -0.3 is 15.4 Å². The molecule has 2 unspecified atom stereocenters. The van der Waals surface area contributed by atoms with E-state index in [4.69, 9.17) is 10.5 Å². The minimum atomic E-state index is 0.0788. The second kappa shape index (κ2) is 6.75. The van der Waals surface area contributed by atoms with Gasteiger partial charge in [-0.2, -0.15) is 0 Å². The van der Waals surface area contributed by atoms with E-state index in [1.54, 1.807) is 0 Å². The van der Waals surface area contributed by atoms with E-state index in [-0.39, 0.29) is 11.9 Å². The average Bonchev–Trinajstić information content (AvgIpc) is 2.94. The number of rotatable bonds is 5. The summed E-state index contributed by atoms with van der Waals surface area (Å²) in [5.41, 5.74) is 6.62. The summed E-state index contributed by atoms with van der Waals surface area (Å²) in [5, 5.41) is 0. The standard InChI is InChI=1S/C16H24N2O2/c1-3-9-20-15-6-4-5-13(10-15)16(19)18-8-7-14(11-18)12(2)17/h4-6,10,12,14H,3,7-9,11,17H2,1-2H3. The lowest BCUT2D eigenvalue weighted by molar-refractivity contribution is 0.0785. The van der Waals surface area contributed by atoms with Crippen molar-refractivity contribution in [3.05, 3.63) is 29.8 Å². The summed E-state index contributed by atoms with van der Waals surface area (Å²) in [7, 11) is 0. The van der Waals surface area contributed by atoms with Gasteiger partial charge in [0.15, 0.2) is 0 Å². The number of nitrogens with zero attached hydrogens (tertiary/aromatic N) is 1. The van der Waals surface area contributed by atoms with Crippen LogP contribution in [0.1, 0.15) is 37.0 Å². The highest BCUT2D eigenvalue weighted by molar-refractivity contribution is 5.94. The first-order chi connectivity index (χ1) is 9.61. The van der Waals surface area contributed by atoms with Crippen molar-refractivity contribution in [2.75, 3.05) is 19.7 Å². The maximum Gasteiger partial charge on any atom is 0.253 e. The molecule has 1 aliphatic rings. The van der Waals surface area contributed by atoms with Gasteiger partial charge in [-0.3, -0.25) is 4.79 Å². The van der Waals surface area contributed by atoms with Crippen molar-refractivity contribution in [2.45, 2.75) is 32.7 Å². The van der Waals surface area contributed by atoms with E-state index in [1.807, 2.05) is 36.1 Å². The summed E-state index contributed by atoms with van der Waals surface area (Å²) < 4.78 is 5.58. The van der Waals surface area contributed by atoms with E-state index >= 15 is 0 Å². The number of amides is 1. The van der Waals surface area contributed by atoms with Crippen LogP contribution in [-0.2, 0) is 0 Å². The van der Waals surface area contributed by atoms with E-state index in [2.05, 4.69) is 6.92 Å². The maximum atomic E-state index is 12.5. The van der Waals surface area contributed by atoms with Crippen LogP contribution < -0.4 is 10.5 Å². The molecule has 1 amide bonds. The van der Waals surface area contributed by atoms with Crippen LogP contribution in [0.15, 0.2) is 24.3 Å². The Morgan fingerprint density at radius 3 is 3.00 bits per heavy atom. The Morgan fingerprint density at radius 2 is 2.35 bits per heavy atom. The van der Waals surface area contributed by atoms with Gasteiger partial charge in [0, 0.05) is 24.7 Å². The fraction of sp³-hybridized carbons (Fsp3) is 0.562. The van der Waals surface area contributed by atoms with Gasteiger partial charge in [0.25, 0.3) is 5.91 Å². The molecule has 1 aromatic carbocycles. The third kappa shape index (κ3) is 3.51. The van der Waals surface area contributed by atoms with E-state index in [0.29, 0.717) is 18.1 Å². The third-order valence-corrected chi connectivity index (χ3v) is 3.81. The van der Waals surface area contributed by atoms with Crippen LogP contribution in [0.3, 0.4) is 0 Å². The minimum absolute atomic E-state index is 0.0788. The number of ether oxygens (including phenoxy) is 1. The van der Waals surface area contributed by atoms with Gasteiger partial charge >= 0.3 is 0 Å². The molecule has 1 aliphatic heterocycles. The van der Waals surface area contributed by atoms with Crippen molar-refractivity contribution in [3.8, 4) is 5.75 Å². The molecule has 1 aromatic rings. The summed E-state index contributed by atoms with van der Waals surface area (Å²) in [6.07, 6.45) is 1.95. The fourth-order valence-corrected chi connectivity index (χ4v) is 2.52. The van der Waals surface area contributed by atoms with Crippen LogP contribution in [0.2, 0.25) is 0 Å². The molecule has 1 saturated heterocycles. The van der Waals surface area contributed by atoms with Gasteiger partial charge in [-0.05, 0) is 43.9 Å². The summed E-state index contributed by atoms with van der Waals surface area (Å²) in [6, 6.07) is 7.59. The molecule has 1 heterocycles. The SMILES string of the molecule is CCCOc1cccc(C(=O)N2CCC(C(C)N)C2)c1. The quantitative estimate of drug-likeness (QED) is 0.897. The van der Waals surface area contributed by atoms with Gasteiger partial charge in [-0.1, -0.05) is 13.0 Å². The number of carbonyl (C=O) groups excluding carboxylic acids is 1. The lowest BCUT2D eigenvalue weighted by atomic mass is 10.0. The van der Waals surface area contributed by atoms with Crippen molar-refractivity contribution >= 4 is 5.91 Å². The van der Waals surface area contributed by atoms with Gasteiger partial charge in [0.2, 0.25) is 0 Å². The largest absolute Gasteiger partial charge is 0.494 e. The zero-order valence-electron chi connectivity index (χ0n) is 12.3. The lowest BCUT2D eigenvalue weighted by Gasteiger charge is -2.18. The highest BCUT2D eigenvalue weighted by Crippen LogP contribution is 2.22. The summed E-state index contributed by atoms with van der Waals surface area (Å²) in [4.78, 5) is 14.4. The Balaban J connectivity index is 2.02. The number of benzene rings is 1. The highest BCUT2D eigenvalue weighted by atomic mass is 16.5. The molecule has 2 N–H and O–H groups in total. The first kappa shape index (κ1) is 14.9. The molecule has 0 spiro atoms. The Labute approximate surface area is 120 Å². The van der Waals surface area contributed by atoms with Gasteiger partial charge in [0.1, 0.15) is 5.75 Å². The van der Waals surface area contributed by atoms with Gasteiger partial charge in [-0.15, -0.1) is 0 Å². The smallest absolute Gasteiger partial charge is 0.253 e. The Morgan fingerprint density at radius 1 is 1.55 bits per heavy atom.